The number of nitrogens with two attached hydrogens (primary N) is 1. The molecule has 4 heterocycles. The summed E-state index contributed by atoms with van der Waals surface area (Å²) < 4.78 is 7.08. The van der Waals surface area contributed by atoms with E-state index in [0.717, 1.165) is 38.0 Å². The monoisotopic (exact) mass is 380 g/mol. The van der Waals surface area contributed by atoms with Gasteiger partial charge in [-0.3, -0.25) is 14.1 Å². The normalized spacial score (nSPS) is 20.5. The number of rotatable bonds is 2. The summed E-state index contributed by atoms with van der Waals surface area (Å²) >= 11 is 0. The highest BCUT2D eigenvalue weighted by Crippen LogP contribution is 2.28. The number of piperidine rings is 1. The Hall–Kier alpha value is -2.87. The van der Waals surface area contributed by atoms with Crippen LogP contribution in [0.5, 0.6) is 5.75 Å². The Labute approximate surface area is 162 Å². The molecular formula is C20H24N6O2. The van der Waals surface area contributed by atoms with Crippen molar-refractivity contribution in [3.8, 4) is 5.75 Å². The highest BCUT2D eigenvalue weighted by atomic mass is 16.5. The molecule has 0 spiro atoms. The van der Waals surface area contributed by atoms with Gasteiger partial charge in [-0.15, -0.1) is 0 Å². The lowest BCUT2D eigenvalue weighted by Gasteiger charge is -2.43. The van der Waals surface area contributed by atoms with Crippen LogP contribution >= 0.6 is 0 Å². The summed E-state index contributed by atoms with van der Waals surface area (Å²) in [5.41, 5.74) is 7.83. The van der Waals surface area contributed by atoms with Gasteiger partial charge in [0, 0.05) is 37.3 Å². The minimum absolute atomic E-state index is 0.0376. The molecule has 0 radical (unpaired) electrons. The summed E-state index contributed by atoms with van der Waals surface area (Å²) in [6.07, 6.45) is 5.37. The average Bonchev–Trinajstić information content (AvgIpc) is 3.19. The van der Waals surface area contributed by atoms with Crippen molar-refractivity contribution >= 4 is 28.4 Å². The third kappa shape index (κ3) is 2.67. The fourth-order valence-corrected chi connectivity index (χ4v) is 4.50. The molecule has 3 aromatic rings. The van der Waals surface area contributed by atoms with Crippen molar-refractivity contribution in [1.29, 1.82) is 0 Å². The Morgan fingerprint density at radius 3 is 2.96 bits per heavy atom. The number of hydrogen-bond donors (Lipinski definition) is 1. The molecule has 2 aliphatic heterocycles. The second-order valence-electron chi connectivity index (χ2n) is 7.58. The first-order chi connectivity index (χ1) is 13.7. The number of para-hydroxylation sites is 1. The number of fused-ring (bicyclic) bond motifs is 4. The van der Waals surface area contributed by atoms with Crippen LogP contribution in [0.3, 0.4) is 0 Å². The van der Waals surface area contributed by atoms with Crippen molar-refractivity contribution in [1.82, 2.24) is 24.2 Å². The minimum atomic E-state index is -0.0376. The van der Waals surface area contributed by atoms with Crippen molar-refractivity contribution in [2.75, 3.05) is 39.0 Å². The van der Waals surface area contributed by atoms with Gasteiger partial charge in [-0.05, 0) is 31.5 Å². The molecule has 146 valence electrons. The van der Waals surface area contributed by atoms with Crippen LogP contribution in [0.25, 0.3) is 16.6 Å². The summed E-state index contributed by atoms with van der Waals surface area (Å²) in [7, 11) is 1.60. The number of methoxy groups -OCH3 is 1. The number of ether oxygens (including phenoxy) is 1. The molecule has 2 fully saturated rings. The van der Waals surface area contributed by atoms with Crippen molar-refractivity contribution in [3.63, 3.8) is 0 Å². The second-order valence-corrected chi connectivity index (χ2v) is 7.58. The van der Waals surface area contributed by atoms with Gasteiger partial charge in [0.1, 0.15) is 22.6 Å². The Balaban J connectivity index is 1.52. The lowest BCUT2D eigenvalue weighted by atomic mass is 9.99. The summed E-state index contributed by atoms with van der Waals surface area (Å²) in [6, 6.07) is 6.11. The van der Waals surface area contributed by atoms with Crippen molar-refractivity contribution < 1.29 is 9.53 Å². The summed E-state index contributed by atoms with van der Waals surface area (Å²) in [6.45, 7) is 3.60. The summed E-state index contributed by atoms with van der Waals surface area (Å²) in [5.74, 6) is 0.885. The van der Waals surface area contributed by atoms with E-state index in [2.05, 4.69) is 14.9 Å². The van der Waals surface area contributed by atoms with E-state index in [-0.39, 0.29) is 11.9 Å². The Bertz CT molecular complexity index is 1060. The Morgan fingerprint density at radius 2 is 2.11 bits per heavy atom. The van der Waals surface area contributed by atoms with Crippen LogP contribution in [0.4, 0.5) is 5.95 Å². The van der Waals surface area contributed by atoms with E-state index in [4.69, 9.17) is 10.5 Å². The van der Waals surface area contributed by atoms with Gasteiger partial charge in [0.15, 0.2) is 0 Å². The summed E-state index contributed by atoms with van der Waals surface area (Å²) in [5, 5.41) is 0.810. The molecule has 1 amide bonds. The minimum Gasteiger partial charge on any atom is -0.494 e. The van der Waals surface area contributed by atoms with Gasteiger partial charge >= 0.3 is 0 Å². The van der Waals surface area contributed by atoms with E-state index >= 15 is 0 Å². The molecule has 0 unspecified atom stereocenters. The molecular weight excluding hydrogens is 356 g/mol. The average molecular weight is 380 g/mol. The highest BCUT2D eigenvalue weighted by Gasteiger charge is 2.32. The van der Waals surface area contributed by atoms with Gasteiger partial charge in [-0.2, -0.15) is 0 Å². The summed E-state index contributed by atoms with van der Waals surface area (Å²) in [4.78, 5) is 26.7. The number of nitrogen functional groups attached to an aromatic ring is 1. The second kappa shape index (κ2) is 6.63. The number of nitrogens with zero attached hydrogens (tertiary/aromatic N) is 5. The lowest BCUT2D eigenvalue weighted by Crippen LogP contribution is -2.56. The molecule has 2 aromatic heterocycles. The highest BCUT2D eigenvalue weighted by molar-refractivity contribution is 5.99. The molecule has 8 heteroatoms. The lowest BCUT2D eigenvalue weighted by molar-refractivity contribution is 0.0369. The number of amides is 1. The van der Waals surface area contributed by atoms with Gasteiger partial charge in [-0.1, -0.05) is 12.5 Å². The maximum Gasteiger partial charge on any atom is 0.274 e. The molecule has 0 saturated carbocycles. The molecule has 0 aliphatic carbocycles. The Kier molecular flexibility index (Phi) is 4.08. The molecule has 28 heavy (non-hydrogen) atoms. The van der Waals surface area contributed by atoms with Crippen LogP contribution < -0.4 is 10.5 Å². The number of piperazine rings is 1. The number of benzene rings is 1. The molecule has 2 N–H and O–H groups in total. The standard InChI is InChI=1S/C20H24N6O2/c1-28-16-7-4-6-14-17(16)23-20(21)26-12-15(22-18(14)26)19(27)25-10-9-24-8-3-2-5-13(24)11-25/h4,6-7,12-13H,2-3,5,8-11H2,1H3,(H2,21,23)/t13-/m1/s1. The predicted octanol–water partition coefficient (Wildman–Crippen LogP) is 1.78. The maximum absolute atomic E-state index is 13.2. The van der Waals surface area contributed by atoms with Gasteiger partial charge in [-0.25, -0.2) is 9.97 Å². The zero-order chi connectivity index (χ0) is 19.3. The third-order valence-corrected chi connectivity index (χ3v) is 5.98. The molecule has 8 nitrogen and oxygen atoms in total. The van der Waals surface area contributed by atoms with Gasteiger partial charge < -0.3 is 15.4 Å². The zero-order valence-electron chi connectivity index (χ0n) is 16.0. The number of hydrogen-bond acceptors (Lipinski definition) is 6. The number of carbonyl (C=O) groups is 1. The molecule has 1 aromatic carbocycles. The van der Waals surface area contributed by atoms with Crippen LogP contribution in [0.15, 0.2) is 24.4 Å². The van der Waals surface area contributed by atoms with Crippen LogP contribution in [0.1, 0.15) is 29.8 Å². The van der Waals surface area contributed by atoms with Crippen LogP contribution in [0.2, 0.25) is 0 Å². The number of anilines is 1. The third-order valence-electron chi connectivity index (χ3n) is 5.98. The van der Waals surface area contributed by atoms with Crippen molar-refractivity contribution in [2.24, 2.45) is 0 Å². The molecule has 5 rings (SSSR count). The molecule has 2 aliphatic rings. The SMILES string of the molecule is COc1cccc2c1nc(N)n1cc(C(=O)N3CCN4CCCC[C@@H]4C3)nc21. The fourth-order valence-electron chi connectivity index (χ4n) is 4.50. The van der Waals surface area contributed by atoms with E-state index in [1.807, 2.05) is 23.1 Å². The fraction of sp³-hybridized carbons (Fsp3) is 0.450. The molecule has 0 bridgehead atoms. The predicted molar refractivity (Wildman–Crippen MR) is 107 cm³/mol. The number of aromatic nitrogens is 3. The van der Waals surface area contributed by atoms with Gasteiger partial charge in [0.05, 0.1) is 7.11 Å². The van der Waals surface area contributed by atoms with Crippen molar-refractivity contribution in [3.05, 3.63) is 30.1 Å². The van der Waals surface area contributed by atoms with E-state index in [9.17, 15) is 4.79 Å². The maximum atomic E-state index is 13.2. The Morgan fingerprint density at radius 1 is 1.21 bits per heavy atom. The number of carbonyl (C=O) groups excluding carboxylic acids is 1. The van der Waals surface area contributed by atoms with E-state index in [1.54, 1.807) is 17.7 Å². The number of imidazole rings is 1. The van der Waals surface area contributed by atoms with Gasteiger partial charge in [0.2, 0.25) is 5.95 Å². The quantitative estimate of drug-likeness (QED) is 0.729. The largest absolute Gasteiger partial charge is 0.494 e. The van der Waals surface area contributed by atoms with Crippen LogP contribution in [-0.4, -0.2) is 69.4 Å². The first-order valence-electron chi connectivity index (χ1n) is 9.80. The van der Waals surface area contributed by atoms with E-state index in [0.29, 0.717) is 28.6 Å². The zero-order valence-corrected chi connectivity index (χ0v) is 16.0. The molecule has 2 saturated heterocycles. The first-order valence-corrected chi connectivity index (χ1v) is 9.80. The molecule has 1 atom stereocenters. The van der Waals surface area contributed by atoms with Crippen LogP contribution in [-0.2, 0) is 0 Å². The van der Waals surface area contributed by atoms with Gasteiger partial charge in [0.25, 0.3) is 5.91 Å². The smallest absolute Gasteiger partial charge is 0.274 e. The van der Waals surface area contributed by atoms with Crippen molar-refractivity contribution in [2.45, 2.75) is 25.3 Å². The van der Waals surface area contributed by atoms with Crippen LogP contribution in [0, 0.1) is 0 Å². The van der Waals surface area contributed by atoms with E-state index < -0.39 is 0 Å². The van der Waals surface area contributed by atoms with E-state index in [1.165, 1.54) is 12.8 Å². The topological polar surface area (TPSA) is 89.0 Å². The first kappa shape index (κ1) is 17.2.